The van der Waals surface area contributed by atoms with Crippen molar-refractivity contribution < 1.29 is 19.4 Å². The van der Waals surface area contributed by atoms with Crippen LogP contribution in [0.1, 0.15) is 56.8 Å². The summed E-state index contributed by atoms with van der Waals surface area (Å²) in [6.07, 6.45) is 0.812. The number of phenols is 1. The molecule has 4 heteroatoms. The van der Waals surface area contributed by atoms with Gasteiger partial charge in [-0.25, -0.2) is 4.79 Å². The van der Waals surface area contributed by atoms with Gasteiger partial charge in [0.05, 0.1) is 5.56 Å². The minimum atomic E-state index is -0.419. The summed E-state index contributed by atoms with van der Waals surface area (Å²) >= 11 is 0. The smallest absolute Gasteiger partial charge is 0.343 e. The standard InChI is InChI=1S/C31H28O4/c1-20-17-26(13-15-28(20)33)31(3,4)27-14-16-29(21(2)18-27)35-30(34)25-11-9-24(10-12-25)23-7-5-22(19-32)6-8-23/h5-19,33H,1-4H3. The van der Waals surface area contributed by atoms with Crippen molar-refractivity contribution in [3.63, 3.8) is 0 Å². The highest BCUT2D eigenvalue weighted by atomic mass is 16.5. The molecule has 0 aliphatic carbocycles. The Morgan fingerprint density at radius 3 is 1.86 bits per heavy atom. The summed E-state index contributed by atoms with van der Waals surface area (Å²) in [4.78, 5) is 23.6. The van der Waals surface area contributed by atoms with Crippen LogP contribution in [-0.4, -0.2) is 17.4 Å². The Morgan fingerprint density at radius 1 is 0.771 bits per heavy atom. The van der Waals surface area contributed by atoms with Gasteiger partial charge >= 0.3 is 5.97 Å². The van der Waals surface area contributed by atoms with E-state index in [4.69, 9.17) is 4.74 Å². The van der Waals surface area contributed by atoms with E-state index in [1.807, 2.05) is 68.4 Å². The van der Waals surface area contributed by atoms with Crippen molar-refractivity contribution in [2.45, 2.75) is 33.1 Å². The second-order valence-electron chi connectivity index (χ2n) is 9.31. The van der Waals surface area contributed by atoms with Gasteiger partial charge in [-0.1, -0.05) is 74.5 Å². The summed E-state index contributed by atoms with van der Waals surface area (Å²) in [5, 5.41) is 9.87. The van der Waals surface area contributed by atoms with Crippen molar-refractivity contribution in [2.24, 2.45) is 0 Å². The Morgan fingerprint density at radius 2 is 1.31 bits per heavy atom. The monoisotopic (exact) mass is 464 g/mol. The third kappa shape index (κ3) is 5.02. The van der Waals surface area contributed by atoms with E-state index in [0.717, 1.165) is 39.7 Å². The number of phenolic OH excluding ortho intramolecular Hbond substituents is 1. The lowest BCUT2D eigenvalue weighted by Gasteiger charge is -2.27. The maximum absolute atomic E-state index is 12.8. The van der Waals surface area contributed by atoms with Gasteiger partial charge in [0.1, 0.15) is 17.8 Å². The van der Waals surface area contributed by atoms with E-state index in [-0.39, 0.29) is 11.2 Å². The first-order chi connectivity index (χ1) is 16.7. The van der Waals surface area contributed by atoms with Gasteiger partial charge in [0, 0.05) is 11.0 Å². The van der Waals surface area contributed by atoms with E-state index >= 15 is 0 Å². The molecule has 0 aliphatic rings. The summed E-state index contributed by atoms with van der Waals surface area (Å²) in [5.41, 5.74) is 6.60. The van der Waals surface area contributed by atoms with Crippen LogP contribution in [0.3, 0.4) is 0 Å². The molecule has 4 nitrogen and oxygen atoms in total. The highest BCUT2D eigenvalue weighted by Crippen LogP contribution is 2.35. The van der Waals surface area contributed by atoms with Crippen molar-refractivity contribution in [3.05, 3.63) is 118 Å². The molecule has 1 N–H and O–H groups in total. The number of aldehydes is 1. The number of aryl methyl sites for hydroxylation is 2. The van der Waals surface area contributed by atoms with E-state index in [2.05, 4.69) is 13.8 Å². The number of hydrogen-bond acceptors (Lipinski definition) is 4. The van der Waals surface area contributed by atoms with Crippen LogP contribution in [0.2, 0.25) is 0 Å². The van der Waals surface area contributed by atoms with Crippen LogP contribution in [0, 0.1) is 13.8 Å². The Kier molecular flexibility index (Phi) is 6.57. The van der Waals surface area contributed by atoms with Crippen LogP contribution in [0.15, 0.2) is 84.9 Å². The van der Waals surface area contributed by atoms with Crippen LogP contribution < -0.4 is 4.74 Å². The van der Waals surface area contributed by atoms with E-state index < -0.39 is 5.97 Å². The molecule has 0 bridgehead atoms. The van der Waals surface area contributed by atoms with Gasteiger partial charge in [0.25, 0.3) is 0 Å². The second kappa shape index (κ2) is 9.59. The Labute approximate surface area is 205 Å². The van der Waals surface area contributed by atoms with Gasteiger partial charge in [-0.2, -0.15) is 0 Å². The van der Waals surface area contributed by atoms with Gasteiger partial charge in [0.15, 0.2) is 0 Å². The molecule has 0 amide bonds. The van der Waals surface area contributed by atoms with E-state index in [1.165, 1.54) is 0 Å². The lowest BCUT2D eigenvalue weighted by Crippen LogP contribution is -2.19. The molecular formula is C31H28O4. The maximum Gasteiger partial charge on any atom is 0.343 e. The van der Waals surface area contributed by atoms with Crippen molar-refractivity contribution in [3.8, 4) is 22.6 Å². The van der Waals surface area contributed by atoms with Gasteiger partial charge in [-0.3, -0.25) is 4.79 Å². The molecule has 0 aromatic heterocycles. The van der Waals surface area contributed by atoms with Crippen molar-refractivity contribution in [1.82, 2.24) is 0 Å². The van der Waals surface area contributed by atoms with Gasteiger partial charge in [-0.05, 0) is 71.5 Å². The molecule has 0 unspecified atom stereocenters. The molecule has 4 rings (SSSR count). The maximum atomic E-state index is 12.8. The fraction of sp³-hybridized carbons (Fsp3) is 0.161. The average Bonchev–Trinajstić information content (AvgIpc) is 2.87. The molecule has 0 spiro atoms. The minimum Gasteiger partial charge on any atom is -0.508 e. The molecule has 4 aromatic carbocycles. The lowest BCUT2D eigenvalue weighted by molar-refractivity contribution is 0.0733. The highest BCUT2D eigenvalue weighted by molar-refractivity contribution is 5.92. The van der Waals surface area contributed by atoms with E-state index in [9.17, 15) is 14.7 Å². The normalized spacial score (nSPS) is 11.2. The predicted octanol–water partition coefficient (Wildman–Crippen LogP) is 7.03. The Hall–Kier alpha value is -4.18. The Balaban J connectivity index is 1.50. The van der Waals surface area contributed by atoms with E-state index in [1.54, 1.807) is 30.3 Å². The summed E-state index contributed by atoms with van der Waals surface area (Å²) in [5.74, 6) is 0.383. The van der Waals surface area contributed by atoms with Crippen molar-refractivity contribution in [2.75, 3.05) is 0 Å². The predicted molar refractivity (Wildman–Crippen MR) is 138 cm³/mol. The molecule has 35 heavy (non-hydrogen) atoms. The number of esters is 1. The van der Waals surface area contributed by atoms with Gasteiger partial charge in [-0.15, -0.1) is 0 Å². The van der Waals surface area contributed by atoms with Crippen LogP contribution in [0.5, 0.6) is 11.5 Å². The van der Waals surface area contributed by atoms with E-state index in [0.29, 0.717) is 16.9 Å². The van der Waals surface area contributed by atoms with Gasteiger partial charge in [0.2, 0.25) is 0 Å². The first-order valence-corrected chi connectivity index (χ1v) is 11.5. The fourth-order valence-electron chi connectivity index (χ4n) is 4.08. The number of carbonyl (C=O) groups excluding carboxylic acids is 2. The molecule has 0 atom stereocenters. The summed E-state index contributed by atoms with van der Waals surface area (Å²) in [6, 6.07) is 26.0. The molecular weight excluding hydrogens is 436 g/mol. The van der Waals surface area contributed by atoms with Crippen LogP contribution in [0.25, 0.3) is 11.1 Å². The second-order valence-corrected chi connectivity index (χ2v) is 9.31. The topological polar surface area (TPSA) is 63.6 Å². The molecule has 176 valence electrons. The quantitative estimate of drug-likeness (QED) is 0.189. The molecule has 0 heterocycles. The number of rotatable bonds is 6. The largest absolute Gasteiger partial charge is 0.508 e. The molecule has 0 radical (unpaired) electrons. The van der Waals surface area contributed by atoms with Crippen molar-refractivity contribution in [1.29, 1.82) is 0 Å². The molecule has 4 aromatic rings. The SMILES string of the molecule is Cc1cc(C(C)(C)c2ccc(OC(=O)c3ccc(-c4ccc(C=O)cc4)cc3)c(C)c2)ccc1O. The number of ether oxygens (including phenoxy) is 1. The zero-order valence-electron chi connectivity index (χ0n) is 20.3. The molecule has 0 saturated heterocycles. The first kappa shape index (κ1) is 24.0. The van der Waals surface area contributed by atoms with Crippen LogP contribution in [-0.2, 0) is 5.41 Å². The average molecular weight is 465 g/mol. The fourth-order valence-corrected chi connectivity index (χ4v) is 4.08. The third-order valence-corrected chi connectivity index (χ3v) is 6.52. The summed E-state index contributed by atoms with van der Waals surface area (Å²) in [7, 11) is 0. The van der Waals surface area contributed by atoms with Gasteiger partial charge < -0.3 is 9.84 Å². The number of benzene rings is 4. The number of carbonyl (C=O) groups is 2. The van der Waals surface area contributed by atoms with Crippen molar-refractivity contribution >= 4 is 12.3 Å². The third-order valence-electron chi connectivity index (χ3n) is 6.52. The molecule has 0 aliphatic heterocycles. The zero-order valence-corrected chi connectivity index (χ0v) is 20.3. The lowest BCUT2D eigenvalue weighted by atomic mass is 9.77. The molecule has 0 saturated carbocycles. The summed E-state index contributed by atoms with van der Waals surface area (Å²) < 4.78 is 5.70. The van der Waals surface area contributed by atoms with Crippen LogP contribution in [0.4, 0.5) is 0 Å². The first-order valence-electron chi connectivity index (χ1n) is 11.5. The summed E-state index contributed by atoms with van der Waals surface area (Å²) in [6.45, 7) is 8.08. The van der Waals surface area contributed by atoms with Crippen LogP contribution >= 0.6 is 0 Å². The number of hydrogen-bond donors (Lipinski definition) is 1. The highest BCUT2D eigenvalue weighted by Gasteiger charge is 2.25. The minimum absolute atomic E-state index is 0.284. The Bertz CT molecular complexity index is 1380. The zero-order chi connectivity index (χ0) is 25.2. The molecule has 0 fully saturated rings. The number of aromatic hydroxyl groups is 1.